The molecule has 5 aliphatic heterocycles. The SMILES string of the molecule is CC(C)(O/N=C(\C(=O)N[C@@H]1C(=O)N2C(C(=O)[O-])=C(C[N+]34CCC(C(N)=O)(CC3)CC4)CS[C@H]12)c1nsc(N)n1)C(=O)O. The van der Waals surface area contributed by atoms with Gasteiger partial charge in [-0.05, 0) is 13.8 Å². The van der Waals surface area contributed by atoms with Crippen LogP contribution in [0.4, 0.5) is 5.13 Å². The number of fused-ring (bicyclic) bond motifs is 4. The van der Waals surface area contributed by atoms with Crippen LogP contribution in [0.15, 0.2) is 16.4 Å². The summed E-state index contributed by atoms with van der Waals surface area (Å²) in [6, 6.07) is -1.11. The largest absolute Gasteiger partial charge is 0.543 e. The van der Waals surface area contributed by atoms with Crippen molar-refractivity contribution < 1.29 is 43.5 Å². The summed E-state index contributed by atoms with van der Waals surface area (Å²) in [6.45, 7) is 4.91. The number of anilines is 1. The lowest BCUT2D eigenvalue weighted by atomic mass is 9.70. The molecule has 1 aromatic rings. The third-order valence-electron chi connectivity index (χ3n) is 8.52. The highest BCUT2D eigenvalue weighted by Crippen LogP contribution is 2.46. The van der Waals surface area contributed by atoms with Gasteiger partial charge in [-0.1, -0.05) is 5.16 Å². The standard InChI is InChI=1S/C24H30N8O8S2/c1-23(2,21(38)39)40-29-12(15-28-22(26)42-30-15)16(33)27-13-17(34)31-14(19(35)36)11(10-41-18(13)31)9-32-6-3-24(4-7-32,5-8-32)20(25)37/h13,18H,3-10H2,1-2H3,(H6-,25,26,27,28,30,33,35,36,37,38,39)/b29-12-/t13-,18-,24?,32?/m1/s1. The first-order chi connectivity index (χ1) is 19.7. The van der Waals surface area contributed by atoms with E-state index < -0.39 is 51.9 Å². The van der Waals surface area contributed by atoms with Crippen LogP contribution in [0.2, 0.25) is 0 Å². The molecule has 2 atom stereocenters. The van der Waals surface area contributed by atoms with Crippen LogP contribution in [-0.4, -0.2) is 108 Å². The Kier molecular flexibility index (Phi) is 7.43. The molecule has 1 aromatic heterocycles. The van der Waals surface area contributed by atoms with Crippen molar-refractivity contribution in [3.63, 3.8) is 0 Å². The van der Waals surface area contributed by atoms with Crippen LogP contribution in [0.5, 0.6) is 0 Å². The number of nitrogens with one attached hydrogen (secondary N) is 1. The van der Waals surface area contributed by atoms with E-state index in [1.165, 1.54) is 25.6 Å². The highest BCUT2D eigenvalue weighted by molar-refractivity contribution is 8.00. The topological polar surface area (TPSA) is 243 Å². The highest BCUT2D eigenvalue weighted by atomic mass is 32.2. The number of nitrogens with two attached hydrogens (primary N) is 2. The van der Waals surface area contributed by atoms with E-state index in [-0.39, 0.29) is 22.6 Å². The minimum atomic E-state index is -1.80. The number of oxime groups is 1. The molecule has 2 bridgehead atoms. The zero-order chi connectivity index (χ0) is 30.6. The predicted molar refractivity (Wildman–Crippen MR) is 146 cm³/mol. The molecule has 0 radical (unpaired) electrons. The smallest absolute Gasteiger partial charge is 0.350 e. The lowest BCUT2D eigenvalue weighted by Gasteiger charge is -2.55. The molecule has 0 spiro atoms. The van der Waals surface area contributed by atoms with Gasteiger partial charge in [-0.25, -0.2) is 4.79 Å². The van der Waals surface area contributed by atoms with Crippen molar-refractivity contribution in [1.82, 2.24) is 19.6 Å². The van der Waals surface area contributed by atoms with Crippen molar-refractivity contribution in [1.29, 1.82) is 0 Å². The fourth-order valence-corrected chi connectivity index (χ4v) is 7.56. The second-order valence-corrected chi connectivity index (χ2v) is 13.4. The monoisotopic (exact) mass is 622 g/mol. The number of piperidine rings is 3. The van der Waals surface area contributed by atoms with Crippen molar-refractivity contribution in [2.45, 2.75) is 50.1 Å². The summed E-state index contributed by atoms with van der Waals surface area (Å²) in [4.78, 5) is 72.3. The number of carboxylic acid groups (broad SMARTS) is 2. The lowest BCUT2D eigenvalue weighted by molar-refractivity contribution is -0.940. The van der Waals surface area contributed by atoms with Gasteiger partial charge in [0.25, 0.3) is 11.8 Å². The Morgan fingerprint density at radius 3 is 2.43 bits per heavy atom. The molecule has 0 unspecified atom stereocenters. The fraction of sp³-hybridized carbons (Fsp3) is 0.583. The number of carbonyl (C=O) groups excluding carboxylic acids is 4. The molecule has 6 N–H and O–H groups in total. The third-order valence-corrected chi connectivity index (χ3v) is 10.4. The molecular formula is C24H30N8O8S2. The number of amides is 3. The van der Waals surface area contributed by atoms with Crippen LogP contribution >= 0.6 is 23.3 Å². The lowest BCUT2D eigenvalue weighted by Crippen LogP contribution is -2.72. The zero-order valence-corrected chi connectivity index (χ0v) is 24.5. The Balaban J connectivity index is 1.33. The summed E-state index contributed by atoms with van der Waals surface area (Å²) in [5.41, 5.74) is 8.87. The van der Waals surface area contributed by atoms with Crippen LogP contribution in [0.3, 0.4) is 0 Å². The van der Waals surface area contributed by atoms with Crippen molar-refractivity contribution in [3.05, 3.63) is 17.1 Å². The van der Waals surface area contributed by atoms with E-state index in [9.17, 15) is 34.2 Å². The Morgan fingerprint density at radius 2 is 1.90 bits per heavy atom. The average molecular weight is 623 g/mol. The van der Waals surface area contributed by atoms with Gasteiger partial charge in [0.05, 0.1) is 36.7 Å². The van der Waals surface area contributed by atoms with Crippen LogP contribution in [0.1, 0.15) is 38.9 Å². The molecule has 6 rings (SSSR count). The Bertz CT molecular complexity index is 1410. The summed E-state index contributed by atoms with van der Waals surface area (Å²) < 4.78 is 4.55. The number of aromatic nitrogens is 2. The van der Waals surface area contributed by atoms with Crippen molar-refractivity contribution in [2.75, 3.05) is 37.7 Å². The van der Waals surface area contributed by atoms with Crippen molar-refractivity contribution in [2.24, 2.45) is 16.3 Å². The first kappa shape index (κ1) is 29.7. The Hall–Kier alpha value is -3.77. The predicted octanol–water partition coefficient (Wildman–Crippen LogP) is -2.41. The average Bonchev–Trinajstić information content (AvgIpc) is 3.37. The van der Waals surface area contributed by atoms with Gasteiger partial charge < -0.3 is 41.1 Å². The summed E-state index contributed by atoms with van der Waals surface area (Å²) in [5.74, 6) is -4.64. The maximum atomic E-state index is 13.2. The molecule has 4 fully saturated rings. The normalized spacial score (nSPS) is 29.0. The minimum Gasteiger partial charge on any atom is -0.543 e. The molecular weight excluding hydrogens is 592 g/mol. The maximum absolute atomic E-state index is 13.2. The van der Waals surface area contributed by atoms with E-state index in [1.54, 1.807) is 0 Å². The molecule has 6 heterocycles. The molecule has 16 nitrogen and oxygen atoms in total. The summed E-state index contributed by atoms with van der Waals surface area (Å²) in [5, 5.41) is 27.1. The summed E-state index contributed by atoms with van der Waals surface area (Å²) in [7, 11) is 0. The van der Waals surface area contributed by atoms with E-state index >= 15 is 0 Å². The maximum Gasteiger partial charge on any atom is 0.350 e. The Morgan fingerprint density at radius 1 is 1.26 bits per heavy atom. The molecule has 226 valence electrons. The van der Waals surface area contributed by atoms with E-state index in [4.69, 9.17) is 16.3 Å². The molecule has 5 aliphatic rings. The molecule has 18 heteroatoms. The number of thioether (sulfide) groups is 1. The first-order valence-corrected chi connectivity index (χ1v) is 14.9. The van der Waals surface area contributed by atoms with E-state index in [2.05, 4.69) is 19.8 Å². The number of hydrogen-bond donors (Lipinski definition) is 4. The molecule has 0 aliphatic carbocycles. The third kappa shape index (κ3) is 5.06. The number of nitrogens with zero attached hydrogens (tertiary/aromatic N) is 5. The number of β-lactam (4-membered cyclic amide) rings is 1. The molecule has 4 saturated heterocycles. The Labute approximate surface area is 247 Å². The van der Waals surface area contributed by atoms with Gasteiger partial charge in [-0.15, -0.1) is 11.8 Å². The fourth-order valence-electron chi connectivity index (χ4n) is 5.79. The number of primary amides is 1. The highest BCUT2D eigenvalue weighted by Gasteiger charge is 2.56. The van der Waals surface area contributed by atoms with Crippen LogP contribution in [0, 0.1) is 5.41 Å². The summed E-state index contributed by atoms with van der Waals surface area (Å²) >= 11 is 2.08. The molecule has 3 amide bonds. The second kappa shape index (κ2) is 10.5. The quantitative estimate of drug-likeness (QED) is 0.0923. The molecule has 0 aromatic carbocycles. The molecule has 42 heavy (non-hydrogen) atoms. The van der Waals surface area contributed by atoms with Gasteiger partial charge in [-0.3, -0.25) is 19.3 Å². The zero-order valence-electron chi connectivity index (χ0n) is 22.8. The van der Waals surface area contributed by atoms with Crippen LogP contribution in [0.25, 0.3) is 0 Å². The number of carbonyl (C=O) groups is 5. The van der Waals surface area contributed by atoms with Crippen LogP contribution < -0.4 is 21.9 Å². The van der Waals surface area contributed by atoms with Crippen molar-refractivity contribution in [3.8, 4) is 0 Å². The number of nitrogen functional groups attached to an aromatic ring is 1. The van der Waals surface area contributed by atoms with Gasteiger partial charge >= 0.3 is 5.97 Å². The van der Waals surface area contributed by atoms with E-state index in [0.717, 1.165) is 16.4 Å². The van der Waals surface area contributed by atoms with Gasteiger partial charge in [0.1, 0.15) is 18.0 Å². The molecule has 0 saturated carbocycles. The van der Waals surface area contributed by atoms with Gasteiger partial charge in [0.15, 0.2) is 5.13 Å². The van der Waals surface area contributed by atoms with Crippen LogP contribution in [-0.2, 0) is 28.8 Å². The van der Waals surface area contributed by atoms with E-state index in [1.807, 2.05) is 0 Å². The second-order valence-electron chi connectivity index (χ2n) is 11.5. The van der Waals surface area contributed by atoms with E-state index in [0.29, 0.717) is 61.3 Å². The number of rotatable bonds is 10. The first-order valence-electron chi connectivity index (χ1n) is 13.1. The number of aliphatic carboxylic acids is 2. The van der Waals surface area contributed by atoms with Crippen molar-refractivity contribution >= 4 is 63.8 Å². The minimum absolute atomic E-state index is 0.0158. The number of carboxylic acids is 2. The summed E-state index contributed by atoms with van der Waals surface area (Å²) in [6.07, 6.45) is 1.92. The van der Waals surface area contributed by atoms with Gasteiger partial charge in [-0.2, -0.15) is 9.36 Å². The number of quaternary nitrogens is 1. The van der Waals surface area contributed by atoms with Gasteiger partial charge in [0, 0.05) is 42.1 Å². The van der Waals surface area contributed by atoms with Gasteiger partial charge in [0.2, 0.25) is 23.0 Å². The number of hydrogen-bond acceptors (Lipinski definition) is 13.